The smallest absolute Gasteiger partial charge is 0.319 e. The zero-order valence-corrected chi connectivity index (χ0v) is 14.2. The summed E-state index contributed by atoms with van der Waals surface area (Å²) >= 11 is 0. The molecule has 0 unspecified atom stereocenters. The van der Waals surface area contributed by atoms with Gasteiger partial charge in [-0.2, -0.15) is 0 Å². The van der Waals surface area contributed by atoms with Gasteiger partial charge < -0.3 is 20.2 Å². The minimum atomic E-state index is -0.838. The van der Waals surface area contributed by atoms with Crippen LogP contribution in [0.15, 0.2) is 41.1 Å². The number of hydrogen-bond donors (Lipinski definition) is 3. The molecule has 6 heteroatoms. The van der Waals surface area contributed by atoms with Gasteiger partial charge in [-0.1, -0.05) is 26.7 Å². The van der Waals surface area contributed by atoms with Crippen LogP contribution in [0, 0.1) is 0 Å². The first-order valence-electron chi connectivity index (χ1n) is 8.33. The number of amides is 2. The fourth-order valence-electron chi connectivity index (χ4n) is 2.71. The highest BCUT2D eigenvalue weighted by atomic mass is 16.3. The van der Waals surface area contributed by atoms with Crippen LogP contribution in [0.5, 0.6) is 0 Å². The van der Waals surface area contributed by atoms with Crippen molar-refractivity contribution >= 4 is 11.7 Å². The maximum absolute atomic E-state index is 12.0. The first kappa shape index (κ1) is 18.0. The van der Waals surface area contributed by atoms with Crippen molar-refractivity contribution < 1.29 is 14.3 Å². The molecule has 2 amide bonds. The second kappa shape index (κ2) is 8.49. The van der Waals surface area contributed by atoms with Crippen LogP contribution in [0.2, 0.25) is 0 Å². The van der Waals surface area contributed by atoms with E-state index in [0.29, 0.717) is 24.4 Å². The lowest BCUT2D eigenvalue weighted by molar-refractivity contribution is 0.0245. The number of nitrogens with zero attached hydrogens (tertiary/aromatic N) is 1. The largest absolute Gasteiger partial charge is 0.445 e. The van der Waals surface area contributed by atoms with Gasteiger partial charge in [-0.25, -0.2) is 9.78 Å². The van der Waals surface area contributed by atoms with Crippen molar-refractivity contribution in [1.29, 1.82) is 0 Å². The molecule has 130 valence electrons. The Kier molecular flexibility index (Phi) is 6.37. The maximum atomic E-state index is 12.0. The highest BCUT2D eigenvalue weighted by Gasteiger charge is 2.25. The molecule has 0 fully saturated rings. The van der Waals surface area contributed by atoms with Gasteiger partial charge in [-0.05, 0) is 37.1 Å². The molecular weight excluding hydrogens is 306 g/mol. The lowest BCUT2D eigenvalue weighted by atomic mass is 9.93. The molecule has 24 heavy (non-hydrogen) atoms. The Morgan fingerprint density at radius 3 is 2.42 bits per heavy atom. The van der Waals surface area contributed by atoms with Crippen LogP contribution in [0.1, 0.15) is 39.5 Å². The van der Waals surface area contributed by atoms with Crippen LogP contribution in [0.25, 0.3) is 11.5 Å². The van der Waals surface area contributed by atoms with Crippen molar-refractivity contribution in [1.82, 2.24) is 10.3 Å². The van der Waals surface area contributed by atoms with Gasteiger partial charge in [0.25, 0.3) is 0 Å². The lowest BCUT2D eigenvalue weighted by Gasteiger charge is -2.27. The molecule has 1 aromatic carbocycles. The number of carbonyl (C=O) groups excluding carboxylic acids is 1. The van der Waals surface area contributed by atoms with Gasteiger partial charge in [0, 0.05) is 17.8 Å². The Balaban J connectivity index is 1.88. The Bertz CT molecular complexity index is 617. The summed E-state index contributed by atoms with van der Waals surface area (Å²) in [5, 5.41) is 16.0. The molecule has 0 atom stereocenters. The summed E-state index contributed by atoms with van der Waals surface area (Å²) in [7, 11) is 0. The summed E-state index contributed by atoms with van der Waals surface area (Å²) in [6.07, 6.45) is 6.20. The molecular formula is C18H25N3O3. The van der Waals surface area contributed by atoms with Gasteiger partial charge in [0.1, 0.15) is 6.26 Å². The Labute approximate surface area is 142 Å². The van der Waals surface area contributed by atoms with E-state index >= 15 is 0 Å². The van der Waals surface area contributed by atoms with E-state index in [-0.39, 0.29) is 12.6 Å². The highest BCUT2D eigenvalue weighted by molar-refractivity contribution is 5.89. The number of nitrogens with one attached hydrogen (secondary N) is 2. The number of aromatic nitrogens is 1. The molecule has 0 aliphatic heterocycles. The SMILES string of the molecule is CCCC(O)(CCC)CNC(=O)Nc1ccc(-c2ncco2)cc1. The average molecular weight is 331 g/mol. The zero-order chi connectivity index (χ0) is 17.4. The van der Waals surface area contributed by atoms with Gasteiger partial charge in [0.2, 0.25) is 5.89 Å². The summed E-state index contributed by atoms with van der Waals surface area (Å²) in [4.78, 5) is 16.1. The predicted molar refractivity (Wildman–Crippen MR) is 93.7 cm³/mol. The molecule has 0 aliphatic rings. The average Bonchev–Trinajstić information content (AvgIpc) is 3.09. The van der Waals surface area contributed by atoms with E-state index in [9.17, 15) is 9.90 Å². The summed E-state index contributed by atoms with van der Waals surface area (Å²) in [6, 6.07) is 6.88. The summed E-state index contributed by atoms with van der Waals surface area (Å²) in [6.45, 7) is 4.29. The van der Waals surface area contributed by atoms with E-state index in [0.717, 1.165) is 18.4 Å². The van der Waals surface area contributed by atoms with Crippen molar-refractivity contribution in [2.75, 3.05) is 11.9 Å². The van der Waals surface area contributed by atoms with Crippen LogP contribution < -0.4 is 10.6 Å². The van der Waals surface area contributed by atoms with E-state index in [1.807, 2.05) is 26.0 Å². The molecule has 6 nitrogen and oxygen atoms in total. The normalized spacial score (nSPS) is 11.3. The van der Waals surface area contributed by atoms with E-state index in [2.05, 4.69) is 15.6 Å². The van der Waals surface area contributed by atoms with E-state index < -0.39 is 5.60 Å². The first-order chi connectivity index (χ1) is 11.6. The third-order valence-electron chi connectivity index (χ3n) is 3.83. The Hall–Kier alpha value is -2.34. The molecule has 0 saturated heterocycles. The lowest BCUT2D eigenvalue weighted by Crippen LogP contribution is -2.44. The van der Waals surface area contributed by atoms with Crippen LogP contribution in [-0.2, 0) is 0 Å². The predicted octanol–water partition coefficient (Wildman–Crippen LogP) is 3.79. The molecule has 2 aromatic rings. The van der Waals surface area contributed by atoms with Crippen LogP contribution in [0.4, 0.5) is 10.5 Å². The second-order valence-corrected chi connectivity index (χ2v) is 5.95. The quantitative estimate of drug-likeness (QED) is 0.686. The second-order valence-electron chi connectivity index (χ2n) is 5.95. The van der Waals surface area contributed by atoms with Crippen molar-refractivity contribution in [3.8, 4) is 11.5 Å². The summed E-state index contributed by atoms with van der Waals surface area (Å²) in [5.74, 6) is 0.537. The van der Waals surface area contributed by atoms with Gasteiger partial charge >= 0.3 is 6.03 Å². The van der Waals surface area contributed by atoms with Crippen molar-refractivity contribution in [3.05, 3.63) is 36.7 Å². The van der Waals surface area contributed by atoms with Crippen LogP contribution in [-0.4, -0.2) is 28.3 Å². The Morgan fingerprint density at radius 1 is 1.21 bits per heavy atom. The third-order valence-corrected chi connectivity index (χ3v) is 3.83. The number of carbonyl (C=O) groups is 1. The first-order valence-corrected chi connectivity index (χ1v) is 8.33. The molecule has 1 heterocycles. The fourth-order valence-corrected chi connectivity index (χ4v) is 2.71. The van der Waals surface area contributed by atoms with E-state index in [1.54, 1.807) is 18.3 Å². The maximum Gasteiger partial charge on any atom is 0.319 e. The number of rotatable bonds is 8. The van der Waals surface area contributed by atoms with Gasteiger partial charge in [0.05, 0.1) is 11.8 Å². The van der Waals surface area contributed by atoms with Crippen molar-refractivity contribution in [2.45, 2.75) is 45.1 Å². The standard InChI is InChI=1S/C18H25N3O3/c1-3-9-18(23,10-4-2)13-20-17(22)21-15-7-5-14(6-8-15)16-19-11-12-24-16/h5-8,11-12,23H,3-4,9-10,13H2,1-2H3,(H2,20,21,22). The van der Waals surface area contributed by atoms with E-state index in [4.69, 9.17) is 4.42 Å². The van der Waals surface area contributed by atoms with E-state index in [1.165, 1.54) is 6.26 Å². The zero-order valence-electron chi connectivity index (χ0n) is 14.2. The topological polar surface area (TPSA) is 87.4 Å². The minimum absolute atomic E-state index is 0.245. The number of aliphatic hydroxyl groups is 1. The van der Waals surface area contributed by atoms with Gasteiger partial charge in [-0.3, -0.25) is 0 Å². The molecule has 0 aliphatic carbocycles. The number of urea groups is 1. The third kappa shape index (κ3) is 5.09. The molecule has 0 spiro atoms. The number of benzene rings is 1. The summed E-state index contributed by atoms with van der Waals surface area (Å²) < 4.78 is 5.22. The monoisotopic (exact) mass is 331 g/mol. The molecule has 0 radical (unpaired) electrons. The molecule has 0 bridgehead atoms. The highest BCUT2D eigenvalue weighted by Crippen LogP contribution is 2.20. The fraction of sp³-hybridized carbons (Fsp3) is 0.444. The number of hydrogen-bond acceptors (Lipinski definition) is 4. The van der Waals surface area contributed by atoms with Gasteiger partial charge in [0.15, 0.2) is 0 Å². The van der Waals surface area contributed by atoms with Crippen LogP contribution >= 0.6 is 0 Å². The molecule has 1 aromatic heterocycles. The van der Waals surface area contributed by atoms with Gasteiger partial charge in [-0.15, -0.1) is 0 Å². The number of oxazole rings is 1. The van der Waals surface area contributed by atoms with Crippen molar-refractivity contribution in [3.63, 3.8) is 0 Å². The van der Waals surface area contributed by atoms with Crippen molar-refractivity contribution in [2.24, 2.45) is 0 Å². The Morgan fingerprint density at radius 2 is 1.88 bits per heavy atom. The summed E-state index contributed by atoms with van der Waals surface area (Å²) in [5.41, 5.74) is 0.666. The minimum Gasteiger partial charge on any atom is -0.445 e. The number of anilines is 1. The molecule has 3 N–H and O–H groups in total. The molecule has 2 rings (SSSR count). The molecule has 0 saturated carbocycles. The van der Waals surface area contributed by atoms with Crippen LogP contribution in [0.3, 0.4) is 0 Å².